The van der Waals surface area contributed by atoms with E-state index in [1.165, 1.54) is 17.8 Å². The zero-order valence-electron chi connectivity index (χ0n) is 9.26. The number of pyridine rings is 1. The predicted octanol–water partition coefficient (Wildman–Crippen LogP) is 2.68. The van der Waals surface area contributed by atoms with Gasteiger partial charge in [-0.2, -0.15) is 0 Å². The van der Waals surface area contributed by atoms with E-state index in [9.17, 15) is 4.79 Å². The second kappa shape index (κ2) is 5.41. The van der Waals surface area contributed by atoms with Crippen molar-refractivity contribution in [2.45, 2.75) is 9.79 Å². The van der Waals surface area contributed by atoms with Gasteiger partial charge in [0.05, 0.1) is 5.56 Å². The Labute approximate surface area is 117 Å². The summed E-state index contributed by atoms with van der Waals surface area (Å²) in [6, 6.07) is 9.23. The van der Waals surface area contributed by atoms with Crippen LogP contribution in [0.15, 0.2) is 50.8 Å². The van der Waals surface area contributed by atoms with Crippen LogP contribution in [0.1, 0.15) is 10.4 Å². The molecule has 2 aromatic rings. The van der Waals surface area contributed by atoms with Crippen LogP contribution in [0.5, 0.6) is 0 Å². The maximum absolute atomic E-state index is 11.3. The van der Waals surface area contributed by atoms with Crippen molar-refractivity contribution in [1.29, 1.82) is 0 Å². The SMILES string of the molecule is NC(=O)c1cc(N)ncc1Sc1cccc(Br)c1. The molecule has 92 valence electrons. The highest BCUT2D eigenvalue weighted by atomic mass is 79.9. The minimum Gasteiger partial charge on any atom is -0.384 e. The van der Waals surface area contributed by atoms with Crippen molar-refractivity contribution < 1.29 is 4.79 Å². The maximum atomic E-state index is 11.3. The van der Waals surface area contributed by atoms with E-state index in [1.807, 2.05) is 24.3 Å². The van der Waals surface area contributed by atoms with E-state index in [1.54, 1.807) is 6.20 Å². The molecule has 1 heterocycles. The van der Waals surface area contributed by atoms with Gasteiger partial charge in [0.15, 0.2) is 0 Å². The fourth-order valence-corrected chi connectivity index (χ4v) is 2.90. The molecule has 4 N–H and O–H groups in total. The van der Waals surface area contributed by atoms with Gasteiger partial charge in [-0.3, -0.25) is 4.79 Å². The van der Waals surface area contributed by atoms with Gasteiger partial charge in [0.2, 0.25) is 5.91 Å². The Bertz CT molecular complexity index is 604. The molecular weight excluding hydrogens is 314 g/mol. The van der Waals surface area contributed by atoms with Crippen LogP contribution >= 0.6 is 27.7 Å². The van der Waals surface area contributed by atoms with Crippen LogP contribution in [-0.2, 0) is 0 Å². The number of amides is 1. The number of carbonyl (C=O) groups excluding carboxylic acids is 1. The van der Waals surface area contributed by atoms with E-state index < -0.39 is 5.91 Å². The highest BCUT2D eigenvalue weighted by molar-refractivity contribution is 9.10. The van der Waals surface area contributed by atoms with Crippen molar-refractivity contribution in [2.24, 2.45) is 5.73 Å². The Hall–Kier alpha value is -1.53. The number of aromatic nitrogens is 1. The first kappa shape index (κ1) is 12.9. The normalized spacial score (nSPS) is 10.3. The topological polar surface area (TPSA) is 82.0 Å². The van der Waals surface area contributed by atoms with Gasteiger partial charge in [0.1, 0.15) is 5.82 Å². The van der Waals surface area contributed by atoms with E-state index in [0.717, 1.165) is 9.37 Å². The quantitative estimate of drug-likeness (QED) is 0.909. The summed E-state index contributed by atoms with van der Waals surface area (Å²) in [5.41, 5.74) is 11.3. The molecule has 0 saturated carbocycles. The molecule has 0 aliphatic heterocycles. The van der Waals surface area contributed by atoms with Gasteiger partial charge in [-0.15, -0.1) is 0 Å². The minimum atomic E-state index is -0.512. The fourth-order valence-electron chi connectivity index (χ4n) is 1.39. The van der Waals surface area contributed by atoms with Crippen LogP contribution in [0.25, 0.3) is 0 Å². The first-order chi connectivity index (χ1) is 8.56. The molecule has 0 atom stereocenters. The number of hydrogen-bond donors (Lipinski definition) is 2. The monoisotopic (exact) mass is 323 g/mol. The van der Waals surface area contributed by atoms with Gasteiger partial charge >= 0.3 is 0 Å². The van der Waals surface area contributed by atoms with Gasteiger partial charge in [0, 0.05) is 20.5 Å². The average molecular weight is 324 g/mol. The van der Waals surface area contributed by atoms with E-state index in [-0.39, 0.29) is 5.82 Å². The lowest BCUT2D eigenvalue weighted by atomic mass is 10.2. The first-order valence-electron chi connectivity index (χ1n) is 5.05. The van der Waals surface area contributed by atoms with Crippen LogP contribution in [0, 0.1) is 0 Å². The molecule has 0 bridgehead atoms. The van der Waals surface area contributed by atoms with E-state index >= 15 is 0 Å². The number of halogens is 1. The summed E-state index contributed by atoms with van der Waals surface area (Å²) >= 11 is 4.81. The number of nitrogen functional groups attached to an aromatic ring is 1. The number of rotatable bonds is 3. The maximum Gasteiger partial charge on any atom is 0.250 e. The standard InChI is InChI=1S/C12H10BrN3OS/c13-7-2-1-3-8(4-7)18-10-6-16-11(14)5-9(10)12(15)17/h1-6H,(H2,14,16)(H2,15,17). The number of carbonyl (C=O) groups is 1. The average Bonchev–Trinajstić information content (AvgIpc) is 2.31. The molecular formula is C12H10BrN3OS. The van der Waals surface area contributed by atoms with E-state index in [4.69, 9.17) is 11.5 Å². The minimum absolute atomic E-state index is 0.280. The second-order valence-electron chi connectivity index (χ2n) is 3.53. The number of anilines is 1. The van der Waals surface area contributed by atoms with Crippen LogP contribution in [0.2, 0.25) is 0 Å². The van der Waals surface area contributed by atoms with Crippen LogP contribution in [-0.4, -0.2) is 10.9 Å². The summed E-state index contributed by atoms with van der Waals surface area (Å²) in [5, 5.41) is 0. The van der Waals surface area contributed by atoms with Crippen molar-refractivity contribution in [3.63, 3.8) is 0 Å². The third kappa shape index (κ3) is 3.02. The third-order valence-corrected chi connectivity index (χ3v) is 3.71. The highest BCUT2D eigenvalue weighted by Crippen LogP contribution is 2.31. The van der Waals surface area contributed by atoms with E-state index in [2.05, 4.69) is 20.9 Å². The second-order valence-corrected chi connectivity index (χ2v) is 5.56. The lowest BCUT2D eigenvalue weighted by Crippen LogP contribution is -2.13. The number of primary amides is 1. The molecule has 2 rings (SSSR count). The van der Waals surface area contributed by atoms with Crippen molar-refractivity contribution in [1.82, 2.24) is 4.98 Å². The van der Waals surface area contributed by atoms with Gasteiger partial charge in [-0.1, -0.05) is 33.8 Å². The Morgan fingerprint density at radius 3 is 2.78 bits per heavy atom. The molecule has 18 heavy (non-hydrogen) atoms. The molecule has 0 fully saturated rings. The van der Waals surface area contributed by atoms with Crippen molar-refractivity contribution >= 4 is 39.4 Å². The van der Waals surface area contributed by atoms with Gasteiger partial charge < -0.3 is 11.5 Å². The summed E-state index contributed by atoms with van der Waals surface area (Å²) < 4.78 is 0.969. The Kier molecular flexibility index (Phi) is 3.88. The van der Waals surface area contributed by atoms with Gasteiger partial charge in [0.25, 0.3) is 0 Å². The fraction of sp³-hybridized carbons (Fsp3) is 0. The largest absolute Gasteiger partial charge is 0.384 e. The lowest BCUT2D eigenvalue weighted by Gasteiger charge is -2.07. The Morgan fingerprint density at radius 1 is 1.33 bits per heavy atom. The zero-order valence-corrected chi connectivity index (χ0v) is 11.7. The third-order valence-electron chi connectivity index (χ3n) is 2.18. The number of nitrogens with zero attached hydrogens (tertiary/aromatic N) is 1. The van der Waals surface area contributed by atoms with Crippen LogP contribution < -0.4 is 11.5 Å². The summed E-state index contributed by atoms with van der Waals surface area (Å²) in [4.78, 5) is 17.0. The molecule has 1 aromatic heterocycles. The van der Waals surface area contributed by atoms with Crippen LogP contribution in [0.3, 0.4) is 0 Å². The summed E-state index contributed by atoms with van der Waals surface area (Å²) in [7, 11) is 0. The molecule has 0 spiro atoms. The number of hydrogen-bond acceptors (Lipinski definition) is 4. The number of nitrogens with two attached hydrogens (primary N) is 2. The summed E-state index contributed by atoms with van der Waals surface area (Å²) in [5.74, 6) is -0.232. The van der Waals surface area contributed by atoms with Gasteiger partial charge in [-0.05, 0) is 24.3 Å². The molecule has 4 nitrogen and oxygen atoms in total. The molecule has 0 saturated heterocycles. The number of benzene rings is 1. The Morgan fingerprint density at radius 2 is 2.11 bits per heavy atom. The van der Waals surface area contributed by atoms with Crippen molar-refractivity contribution in [3.05, 3.63) is 46.6 Å². The van der Waals surface area contributed by atoms with Crippen molar-refractivity contribution in [3.8, 4) is 0 Å². The molecule has 1 amide bonds. The molecule has 6 heteroatoms. The molecule has 0 aliphatic rings. The molecule has 0 aliphatic carbocycles. The zero-order chi connectivity index (χ0) is 13.1. The van der Waals surface area contributed by atoms with Crippen LogP contribution in [0.4, 0.5) is 5.82 Å². The Balaban J connectivity index is 2.37. The summed E-state index contributed by atoms with van der Waals surface area (Å²) in [6.07, 6.45) is 1.56. The molecule has 0 radical (unpaired) electrons. The molecule has 0 unspecified atom stereocenters. The lowest BCUT2D eigenvalue weighted by molar-refractivity contribution is 0.0997. The van der Waals surface area contributed by atoms with Gasteiger partial charge in [-0.25, -0.2) is 4.98 Å². The predicted molar refractivity (Wildman–Crippen MR) is 75.4 cm³/mol. The van der Waals surface area contributed by atoms with E-state index in [0.29, 0.717) is 10.5 Å². The first-order valence-corrected chi connectivity index (χ1v) is 6.66. The molecule has 1 aromatic carbocycles. The smallest absolute Gasteiger partial charge is 0.250 e. The summed E-state index contributed by atoms with van der Waals surface area (Å²) in [6.45, 7) is 0. The van der Waals surface area contributed by atoms with Crippen molar-refractivity contribution in [2.75, 3.05) is 5.73 Å². The highest BCUT2D eigenvalue weighted by Gasteiger charge is 2.11.